The monoisotopic (exact) mass is 486 g/mol. The van der Waals surface area contributed by atoms with Gasteiger partial charge in [0, 0.05) is 37.2 Å². The molecule has 0 amide bonds. The Bertz CT molecular complexity index is 943. The van der Waals surface area contributed by atoms with E-state index in [0.717, 1.165) is 22.9 Å². The summed E-state index contributed by atoms with van der Waals surface area (Å²) in [7, 11) is 1.65. The number of rotatable bonds is 5. The van der Waals surface area contributed by atoms with Crippen molar-refractivity contribution in [3.8, 4) is 5.75 Å². The maximum Gasteiger partial charge on any atom is 0.191 e. The van der Waals surface area contributed by atoms with Gasteiger partial charge in [0.05, 0.1) is 0 Å². The SMILES string of the molecule is CN=C(NCCc1c[nH]c2cc(F)ccc12)NCc1ccc(O)c(F)c1.I. The zero-order valence-corrected chi connectivity index (χ0v) is 17.1. The molecule has 4 N–H and O–H groups in total. The highest BCUT2D eigenvalue weighted by Gasteiger charge is 2.06. The fourth-order valence-electron chi connectivity index (χ4n) is 2.75. The highest BCUT2D eigenvalue weighted by Crippen LogP contribution is 2.19. The summed E-state index contributed by atoms with van der Waals surface area (Å²) in [6.45, 7) is 1.01. The third kappa shape index (κ3) is 5.31. The Morgan fingerprint density at radius 2 is 1.96 bits per heavy atom. The fraction of sp³-hybridized carbons (Fsp3) is 0.211. The van der Waals surface area contributed by atoms with E-state index >= 15 is 0 Å². The first-order chi connectivity index (χ1) is 12.6. The summed E-state index contributed by atoms with van der Waals surface area (Å²) < 4.78 is 26.6. The fourth-order valence-corrected chi connectivity index (χ4v) is 2.75. The van der Waals surface area contributed by atoms with Crippen LogP contribution in [0.2, 0.25) is 0 Å². The third-order valence-electron chi connectivity index (χ3n) is 4.11. The van der Waals surface area contributed by atoms with Crippen LogP contribution in [0.25, 0.3) is 10.9 Å². The van der Waals surface area contributed by atoms with Crippen LogP contribution in [0.1, 0.15) is 11.1 Å². The molecule has 0 aliphatic heterocycles. The molecule has 0 aliphatic rings. The van der Waals surface area contributed by atoms with Gasteiger partial charge in [-0.25, -0.2) is 8.78 Å². The van der Waals surface area contributed by atoms with E-state index < -0.39 is 5.82 Å². The zero-order chi connectivity index (χ0) is 18.5. The Labute approximate surface area is 172 Å². The molecule has 0 saturated carbocycles. The number of halogens is 3. The molecule has 0 saturated heterocycles. The molecule has 0 radical (unpaired) electrons. The van der Waals surface area contributed by atoms with Gasteiger partial charge >= 0.3 is 0 Å². The van der Waals surface area contributed by atoms with Gasteiger partial charge in [0.2, 0.25) is 0 Å². The second-order valence-corrected chi connectivity index (χ2v) is 5.89. The van der Waals surface area contributed by atoms with E-state index in [1.54, 1.807) is 19.2 Å². The predicted octanol–water partition coefficient (Wildman–Crippen LogP) is 3.68. The average Bonchev–Trinajstić information content (AvgIpc) is 3.02. The van der Waals surface area contributed by atoms with Gasteiger partial charge in [-0.05, 0) is 47.9 Å². The minimum absolute atomic E-state index is 0. The maximum atomic E-state index is 13.3. The average molecular weight is 486 g/mol. The van der Waals surface area contributed by atoms with E-state index in [1.165, 1.54) is 24.3 Å². The van der Waals surface area contributed by atoms with Crippen molar-refractivity contribution in [1.82, 2.24) is 15.6 Å². The number of fused-ring (bicyclic) bond motifs is 1. The summed E-state index contributed by atoms with van der Waals surface area (Å²) in [4.78, 5) is 7.20. The Morgan fingerprint density at radius 1 is 1.15 bits per heavy atom. The molecule has 8 heteroatoms. The molecular weight excluding hydrogens is 465 g/mol. The molecule has 144 valence electrons. The molecule has 3 aromatic rings. The van der Waals surface area contributed by atoms with Crippen molar-refractivity contribution >= 4 is 40.8 Å². The lowest BCUT2D eigenvalue weighted by atomic mass is 10.1. The number of nitrogens with zero attached hydrogens (tertiary/aromatic N) is 1. The van der Waals surface area contributed by atoms with Crippen molar-refractivity contribution in [3.05, 3.63) is 65.4 Å². The molecule has 3 rings (SSSR count). The predicted molar refractivity (Wildman–Crippen MR) is 114 cm³/mol. The van der Waals surface area contributed by atoms with Crippen LogP contribution in [-0.4, -0.2) is 29.6 Å². The molecule has 1 aromatic heterocycles. The Morgan fingerprint density at radius 3 is 2.70 bits per heavy atom. The van der Waals surface area contributed by atoms with Gasteiger partial charge in [0.1, 0.15) is 5.82 Å². The molecule has 0 aliphatic carbocycles. The van der Waals surface area contributed by atoms with E-state index in [0.29, 0.717) is 24.6 Å². The van der Waals surface area contributed by atoms with Crippen LogP contribution in [0.4, 0.5) is 8.78 Å². The number of phenolic OH excluding ortho intramolecular Hbond substituents is 1. The van der Waals surface area contributed by atoms with Gasteiger partial charge in [0.25, 0.3) is 0 Å². The van der Waals surface area contributed by atoms with Gasteiger partial charge in [0.15, 0.2) is 17.5 Å². The van der Waals surface area contributed by atoms with E-state index in [2.05, 4.69) is 20.6 Å². The van der Waals surface area contributed by atoms with E-state index in [4.69, 9.17) is 0 Å². The van der Waals surface area contributed by atoms with E-state index in [1.807, 2.05) is 6.20 Å². The van der Waals surface area contributed by atoms with E-state index in [9.17, 15) is 13.9 Å². The van der Waals surface area contributed by atoms with Gasteiger partial charge < -0.3 is 20.7 Å². The van der Waals surface area contributed by atoms with Crippen molar-refractivity contribution in [2.45, 2.75) is 13.0 Å². The lowest BCUT2D eigenvalue weighted by Gasteiger charge is -2.12. The molecule has 5 nitrogen and oxygen atoms in total. The number of nitrogens with one attached hydrogen (secondary N) is 3. The Hall–Kier alpha value is -2.36. The molecule has 0 fully saturated rings. The smallest absolute Gasteiger partial charge is 0.191 e. The second kappa shape index (κ2) is 9.54. The largest absolute Gasteiger partial charge is 0.505 e. The molecule has 0 unspecified atom stereocenters. The normalized spacial score (nSPS) is 11.3. The maximum absolute atomic E-state index is 13.3. The van der Waals surface area contributed by atoms with Crippen molar-refractivity contribution in [1.29, 1.82) is 0 Å². The number of phenols is 1. The highest BCUT2D eigenvalue weighted by molar-refractivity contribution is 14.0. The van der Waals surface area contributed by atoms with Crippen LogP contribution in [0.5, 0.6) is 5.75 Å². The second-order valence-electron chi connectivity index (χ2n) is 5.89. The number of aromatic nitrogens is 1. The number of aliphatic imine (C=N–C) groups is 1. The van der Waals surface area contributed by atoms with Gasteiger partial charge in [-0.3, -0.25) is 4.99 Å². The summed E-state index contributed by atoms with van der Waals surface area (Å²) in [6.07, 6.45) is 2.61. The number of guanidine groups is 1. The number of aromatic amines is 1. The number of hydrogen-bond acceptors (Lipinski definition) is 2. The van der Waals surface area contributed by atoms with Crippen LogP contribution in [0, 0.1) is 11.6 Å². The van der Waals surface area contributed by atoms with Crippen molar-refractivity contribution in [2.24, 2.45) is 4.99 Å². The number of benzene rings is 2. The van der Waals surface area contributed by atoms with Crippen molar-refractivity contribution in [3.63, 3.8) is 0 Å². The molecule has 2 aromatic carbocycles. The molecule has 0 bridgehead atoms. The Balaban J connectivity index is 0.00000261. The Kier molecular flexibility index (Phi) is 7.40. The van der Waals surface area contributed by atoms with Crippen molar-refractivity contribution in [2.75, 3.05) is 13.6 Å². The highest BCUT2D eigenvalue weighted by atomic mass is 127. The molecular formula is C19H21F2IN4O. The molecule has 27 heavy (non-hydrogen) atoms. The summed E-state index contributed by atoms with van der Waals surface area (Å²) in [5, 5.41) is 16.5. The van der Waals surface area contributed by atoms with Gasteiger partial charge in [-0.1, -0.05) is 6.07 Å². The first-order valence-corrected chi connectivity index (χ1v) is 8.24. The lowest BCUT2D eigenvalue weighted by molar-refractivity contribution is 0.431. The summed E-state index contributed by atoms with van der Waals surface area (Å²) >= 11 is 0. The minimum atomic E-state index is -0.650. The quantitative estimate of drug-likeness (QED) is 0.253. The van der Waals surface area contributed by atoms with Crippen LogP contribution >= 0.6 is 24.0 Å². The van der Waals surface area contributed by atoms with Crippen molar-refractivity contribution < 1.29 is 13.9 Å². The topological polar surface area (TPSA) is 72.4 Å². The summed E-state index contributed by atoms with van der Waals surface area (Å²) in [5.41, 5.74) is 2.56. The standard InChI is InChI=1S/C19H20F2N4O.HI/c1-22-19(25-10-12-2-5-18(26)16(21)8-12)23-7-6-13-11-24-17-9-14(20)3-4-15(13)17;/h2-5,8-9,11,24,26H,6-7,10H2,1H3,(H2,22,23,25);1H. The minimum Gasteiger partial charge on any atom is -0.505 e. The van der Waals surface area contributed by atoms with Crippen LogP contribution in [0.15, 0.2) is 47.6 Å². The summed E-state index contributed by atoms with van der Waals surface area (Å²) in [6, 6.07) is 8.93. The number of aromatic hydroxyl groups is 1. The van der Waals surface area contributed by atoms with Crippen LogP contribution in [-0.2, 0) is 13.0 Å². The molecule has 0 spiro atoms. The zero-order valence-electron chi connectivity index (χ0n) is 14.7. The third-order valence-corrected chi connectivity index (χ3v) is 4.11. The van der Waals surface area contributed by atoms with Crippen LogP contribution < -0.4 is 10.6 Å². The number of H-pyrrole nitrogens is 1. The molecule has 1 heterocycles. The first-order valence-electron chi connectivity index (χ1n) is 8.24. The van der Waals surface area contributed by atoms with E-state index in [-0.39, 0.29) is 35.5 Å². The first kappa shape index (κ1) is 20.9. The van der Waals surface area contributed by atoms with Gasteiger partial charge in [-0.15, -0.1) is 24.0 Å². The number of hydrogen-bond donors (Lipinski definition) is 4. The summed E-state index contributed by atoms with van der Waals surface area (Å²) in [5.74, 6) is -0.693. The van der Waals surface area contributed by atoms with Gasteiger partial charge in [-0.2, -0.15) is 0 Å². The lowest BCUT2D eigenvalue weighted by Crippen LogP contribution is -2.37. The van der Waals surface area contributed by atoms with Crippen LogP contribution in [0.3, 0.4) is 0 Å². The molecule has 0 atom stereocenters.